The molecule has 0 saturated carbocycles. The zero-order valence-corrected chi connectivity index (χ0v) is 14.2. The van der Waals surface area contributed by atoms with Gasteiger partial charge in [0.2, 0.25) is 0 Å². The molecule has 0 aromatic rings. The van der Waals surface area contributed by atoms with Gasteiger partial charge in [0.05, 0.1) is 0 Å². The Labute approximate surface area is 126 Å². The molecular formula is C15H28BrNS. The molecule has 0 unspecified atom stereocenters. The summed E-state index contributed by atoms with van der Waals surface area (Å²) >= 11 is 5.47. The molecule has 0 amide bonds. The molecular weight excluding hydrogens is 306 g/mol. The monoisotopic (exact) mass is 333 g/mol. The van der Waals surface area contributed by atoms with Crippen molar-refractivity contribution in [1.29, 1.82) is 0 Å². The third kappa shape index (κ3) is 8.47. The van der Waals surface area contributed by atoms with E-state index in [0.717, 1.165) is 5.75 Å². The van der Waals surface area contributed by atoms with Crippen LogP contribution in [0, 0.1) is 0 Å². The molecule has 0 fully saturated rings. The number of hydrogen-bond acceptors (Lipinski definition) is 2. The van der Waals surface area contributed by atoms with E-state index in [1.165, 1.54) is 75.2 Å². The molecule has 0 aromatic carbocycles. The van der Waals surface area contributed by atoms with Gasteiger partial charge in [-0.2, -0.15) is 0 Å². The Morgan fingerprint density at radius 2 is 1.56 bits per heavy atom. The van der Waals surface area contributed by atoms with E-state index in [0.29, 0.717) is 0 Å². The predicted molar refractivity (Wildman–Crippen MR) is 88.0 cm³/mol. The summed E-state index contributed by atoms with van der Waals surface area (Å²) in [7, 11) is 0. The Hall–Kier alpha value is 0.370. The fourth-order valence-electron chi connectivity index (χ4n) is 2.26. The van der Waals surface area contributed by atoms with E-state index < -0.39 is 0 Å². The van der Waals surface area contributed by atoms with Crippen LogP contribution in [0.4, 0.5) is 0 Å². The van der Waals surface area contributed by atoms with E-state index in [1.807, 2.05) is 11.9 Å². The van der Waals surface area contributed by atoms with Crippen molar-refractivity contribution >= 4 is 27.9 Å². The van der Waals surface area contributed by atoms with Crippen LogP contribution in [-0.4, -0.2) is 16.6 Å². The second kappa shape index (κ2) is 11.2. The van der Waals surface area contributed by atoms with Crippen LogP contribution >= 0.6 is 27.9 Å². The fraction of sp³-hybridized carbons (Fsp3) is 0.867. The molecule has 0 spiro atoms. The van der Waals surface area contributed by atoms with Gasteiger partial charge in [-0.15, -0.1) is 0 Å². The first-order valence-electron chi connectivity index (χ1n) is 7.58. The van der Waals surface area contributed by atoms with Gasteiger partial charge in [0, 0.05) is 23.0 Å². The van der Waals surface area contributed by atoms with Gasteiger partial charge >= 0.3 is 0 Å². The molecule has 3 heteroatoms. The van der Waals surface area contributed by atoms with Crippen LogP contribution < -0.4 is 0 Å². The summed E-state index contributed by atoms with van der Waals surface area (Å²) in [6.45, 7) is 3.50. The summed E-state index contributed by atoms with van der Waals surface area (Å²) in [6, 6.07) is 0. The first kappa shape index (κ1) is 16.4. The third-order valence-electron chi connectivity index (χ3n) is 3.38. The maximum absolute atomic E-state index is 3.55. The summed E-state index contributed by atoms with van der Waals surface area (Å²) in [4.78, 5) is 0. The molecule has 1 aliphatic rings. The lowest BCUT2D eigenvalue weighted by Crippen LogP contribution is -2.06. The molecule has 0 N–H and O–H groups in total. The number of hydrogen-bond donors (Lipinski definition) is 0. The Morgan fingerprint density at radius 1 is 1.00 bits per heavy atom. The standard InChI is InChI=1S/C15H28BrNS/c1-2-3-4-5-6-7-8-9-10-11-12-17-13-15(16)14-18-17/h13H,2-12,14H2,1H3. The van der Waals surface area contributed by atoms with E-state index in [9.17, 15) is 0 Å². The van der Waals surface area contributed by atoms with Crippen LogP contribution in [0.5, 0.6) is 0 Å². The molecule has 0 aromatic heterocycles. The number of unbranched alkanes of at least 4 members (excludes halogenated alkanes) is 9. The molecule has 0 atom stereocenters. The van der Waals surface area contributed by atoms with Crippen molar-refractivity contribution in [3.05, 3.63) is 10.7 Å². The second-order valence-electron chi connectivity index (χ2n) is 5.17. The molecule has 1 heterocycles. The summed E-state index contributed by atoms with van der Waals surface area (Å²) in [6.07, 6.45) is 16.5. The SMILES string of the molecule is CCCCCCCCCCCCN1C=C(Br)CS1. The molecule has 1 aliphatic heterocycles. The number of nitrogens with zero attached hydrogens (tertiary/aromatic N) is 1. The average Bonchev–Trinajstić information content (AvgIpc) is 2.77. The minimum Gasteiger partial charge on any atom is -0.322 e. The summed E-state index contributed by atoms with van der Waals surface area (Å²) in [5.41, 5.74) is 0. The van der Waals surface area contributed by atoms with Crippen molar-refractivity contribution in [2.45, 2.75) is 71.1 Å². The Kier molecular flexibility index (Phi) is 10.2. The third-order valence-corrected chi connectivity index (χ3v) is 5.30. The quantitative estimate of drug-likeness (QED) is 0.331. The van der Waals surface area contributed by atoms with Gasteiger partial charge in [-0.05, 0) is 18.4 Å². The second-order valence-corrected chi connectivity index (χ2v) is 7.21. The van der Waals surface area contributed by atoms with Crippen molar-refractivity contribution in [2.24, 2.45) is 0 Å². The highest BCUT2D eigenvalue weighted by Crippen LogP contribution is 2.27. The topological polar surface area (TPSA) is 3.24 Å². The predicted octanol–water partition coefficient (Wildman–Crippen LogP) is 6.11. The van der Waals surface area contributed by atoms with E-state index >= 15 is 0 Å². The average molecular weight is 334 g/mol. The molecule has 106 valence electrons. The minimum absolute atomic E-state index is 1.12. The van der Waals surface area contributed by atoms with Gasteiger partial charge in [-0.3, -0.25) is 0 Å². The van der Waals surface area contributed by atoms with Gasteiger partial charge < -0.3 is 4.31 Å². The zero-order chi connectivity index (χ0) is 13.1. The van der Waals surface area contributed by atoms with Gasteiger partial charge in [0.1, 0.15) is 0 Å². The lowest BCUT2D eigenvalue weighted by Gasteiger charge is -2.12. The van der Waals surface area contributed by atoms with Crippen molar-refractivity contribution in [3.63, 3.8) is 0 Å². The first-order chi connectivity index (χ1) is 8.83. The molecule has 18 heavy (non-hydrogen) atoms. The van der Waals surface area contributed by atoms with Crippen LogP contribution in [0.25, 0.3) is 0 Å². The molecule has 1 nitrogen and oxygen atoms in total. The van der Waals surface area contributed by atoms with Crippen molar-refractivity contribution < 1.29 is 0 Å². The summed E-state index contributed by atoms with van der Waals surface area (Å²) in [5, 5.41) is 0. The molecule has 0 bridgehead atoms. The van der Waals surface area contributed by atoms with E-state index in [1.54, 1.807) is 0 Å². The van der Waals surface area contributed by atoms with Gasteiger partial charge in [0.15, 0.2) is 0 Å². The Morgan fingerprint density at radius 3 is 2.06 bits per heavy atom. The molecule has 0 saturated heterocycles. The van der Waals surface area contributed by atoms with Crippen molar-refractivity contribution in [1.82, 2.24) is 4.31 Å². The summed E-state index contributed by atoms with van der Waals surface area (Å²) < 4.78 is 3.70. The lowest BCUT2D eigenvalue weighted by atomic mass is 10.1. The smallest absolute Gasteiger partial charge is 0.0466 e. The fourth-order valence-corrected chi connectivity index (χ4v) is 3.77. The largest absolute Gasteiger partial charge is 0.322 e. The molecule has 1 rings (SSSR count). The zero-order valence-electron chi connectivity index (χ0n) is 11.8. The lowest BCUT2D eigenvalue weighted by molar-refractivity contribution is 0.524. The van der Waals surface area contributed by atoms with E-state index in [-0.39, 0.29) is 0 Å². The number of rotatable bonds is 11. The highest BCUT2D eigenvalue weighted by atomic mass is 79.9. The van der Waals surface area contributed by atoms with Gasteiger partial charge in [0.25, 0.3) is 0 Å². The van der Waals surface area contributed by atoms with Crippen molar-refractivity contribution in [3.8, 4) is 0 Å². The van der Waals surface area contributed by atoms with Crippen LogP contribution in [0.1, 0.15) is 71.1 Å². The van der Waals surface area contributed by atoms with Gasteiger partial charge in [-0.1, -0.05) is 80.6 Å². The normalized spacial score (nSPS) is 15.2. The Bertz CT molecular complexity index is 231. The highest BCUT2D eigenvalue weighted by molar-refractivity contribution is 9.11. The summed E-state index contributed by atoms with van der Waals surface area (Å²) in [5.74, 6) is 1.12. The van der Waals surface area contributed by atoms with Gasteiger partial charge in [-0.25, -0.2) is 0 Å². The highest BCUT2D eigenvalue weighted by Gasteiger charge is 2.09. The Balaban J connectivity index is 1.76. The van der Waals surface area contributed by atoms with Crippen LogP contribution in [0.3, 0.4) is 0 Å². The van der Waals surface area contributed by atoms with Crippen LogP contribution in [0.15, 0.2) is 10.7 Å². The van der Waals surface area contributed by atoms with E-state index in [4.69, 9.17) is 0 Å². The molecule has 0 radical (unpaired) electrons. The maximum atomic E-state index is 3.55. The maximum Gasteiger partial charge on any atom is 0.0466 e. The first-order valence-corrected chi connectivity index (χ1v) is 9.32. The minimum atomic E-state index is 1.12. The molecule has 0 aliphatic carbocycles. The number of halogens is 1. The van der Waals surface area contributed by atoms with Crippen molar-refractivity contribution in [2.75, 3.05) is 12.3 Å². The van der Waals surface area contributed by atoms with Crippen LogP contribution in [0.2, 0.25) is 0 Å². The van der Waals surface area contributed by atoms with Crippen LogP contribution in [-0.2, 0) is 0 Å². The van der Waals surface area contributed by atoms with E-state index in [2.05, 4.69) is 33.4 Å².